The molecule has 0 heterocycles. The summed E-state index contributed by atoms with van der Waals surface area (Å²) in [6.45, 7) is 20.1. The minimum absolute atomic E-state index is 0. The molecule has 0 amide bonds. The molecule has 4 heteroatoms. The number of hydrogen-bond acceptors (Lipinski definition) is 2. The topological polar surface area (TPSA) is 29.7 Å². The van der Waals surface area contributed by atoms with E-state index >= 15 is 0 Å². The number of rotatable bonds is 5. The number of para-hydroxylation sites is 1. The Bertz CT molecular complexity index is 1280. The van der Waals surface area contributed by atoms with E-state index in [0.717, 1.165) is 53.0 Å². The molecule has 0 radical (unpaired) electrons. The summed E-state index contributed by atoms with van der Waals surface area (Å²) in [4.78, 5) is 0. The maximum absolute atomic E-state index is 5.10. The molecule has 1 aliphatic rings. The van der Waals surface area contributed by atoms with Gasteiger partial charge >= 0.3 is 0 Å². The molecule has 0 unspecified atom stereocenters. The second kappa shape index (κ2) is 22.0. The van der Waals surface area contributed by atoms with Crippen molar-refractivity contribution in [2.45, 2.75) is 58.8 Å². The monoisotopic (exact) mass is 765 g/mol. The molecular weight excluding hydrogens is 713 g/mol. The number of hydrazone groups is 1. The first-order valence-corrected chi connectivity index (χ1v) is 15.5. The van der Waals surface area contributed by atoms with E-state index in [1.54, 1.807) is 0 Å². The third-order valence-electron chi connectivity index (χ3n) is 6.67. The van der Waals surface area contributed by atoms with Crippen LogP contribution in [0, 0.1) is 20.8 Å². The predicted molar refractivity (Wildman–Crippen MR) is 193 cm³/mol. The zero-order chi connectivity index (χ0) is 32.3. The van der Waals surface area contributed by atoms with E-state index in [-0.39, 0.29) is 25.8 Å². The van der Waals surface area contributed by atoms with Crippen LogP contribution in [0.4, 0.5) is 5.69 Å². The Labute approximate surface area is 293 Å². The third kappa shape index (κ3) is 15.8. The molecule has 4 aromatic rings. The third-order valence-corrected chi connectivity index (χ3v) is 6.67. The fraction of sp³-hybridized carbons (Fsp3) is 0.268. The molecule has 0 saturated heterocycles. The molecule has 0 N–H and O–H groups in total. The molecule has 3 nitrogen and oxygen atoms in total. The Morgan fingerprint density at radius 3 is 1.33 bits per heavy atom. The van der Waals surface area contributed by atoms with Crippen LogP contribution >= 0.6 is 0 Å². The van der Waals surface area contributed by atoms with Crippen LogP contribution in [0.5, 0.6) is 0 Å². The first-order chi connectivity index (χ1) is 21.1. The van der Waals surface area contributed by atoms with Gasteiger partial charge in [0.25, 0.3) is 0 Å². The van der Waals surface area contributed by atoms with Gasteiger partial charge in [0.2, 0.25) is 0 Å². The van der Waals surface area contributed by atoms with Gasteiger partial charge in [-0.25, -0.2) is 0 Å². The van der Waals surface area contributed by atoms with E-state index < -0.39 is 0 Å². The van der Waals surface area contributed by atoms with E-state index in [0.29, 0.717) is 11.8 Å². The summed E-state index contributed by atoms with van der Waals surface area (Å²) < 4.78 is 0. The number of hydrogen-bond donors (Lipinski definition) is 0. The van der Waals surface area contributed by atoms with Gasteiger partial charge in [-0.1, -0.05) is 81.3 Å². The standard InChI is InChI=1S/C20H30N3.3C7H7.Hf/c1-14(2)16-10-9-11-17(15(3)4)20(16)21-18-12-7-8-13-19(18)22-23(5)6;3*1-7-5-3-2-4-6-7;/h9-12,14-15H,7-8,13H2,1-6H3;3*2-6H,1H2;/q4*-1;/b22-19+;;;;. The number of nitrogens with zero attached hydrogens (tertiary/aromatic N) is 3. The Kier molecular flexibility index (Phi) is 19.2. The van der Waals surface area contributed by atoms with Crippen molar-refractivity contribution in [3.8, 4) is 0 Å². The molecule has 0 bridgehead atoms. The Morgan fingerprint density at radius 1 is 0.622 bits per heavy atom. The minimum atomic E-state index is 0. The number of benzene rings is 4. The summed E-state index contributed by atoms with van der Waals surface area (Å²) in [5, 5.41) is 11.6. The molecule has 0 atom stereocenters. The van der Waals surface area contributed by atoms with Gasteiger partial charge in [-0.2, -0.15) is 79.0 Å². The summed E-state index contributed by atoms with van der Waals surface area (Å²) >= 11 is 0. The SMILES string of the molecule is CC(C)c1cccc(C(C)C)c1[N-]C1=CCCC/C1=N\N(C)C.[CH2-]c1ccccc1.[CH2-]c1ccccc1.[CH2-]c1ccccc1.[Hf]. The van der Waals surface area contributed by atoms with Crippen LogP contribution in [0.2, 0.25) is 0 Å². The zero-order valence-electron chi connectivity index (χ0n) is 28.2. The van der Waals surface area contributed by atoms with Crippen LogP contribution in [0.15, 0.2) is 126 Å². The molecule has 0 fully saturated rings. The summed E-state index contributed by atoms with van der Waals surface area (Å²) in [5.74, 6) is 0.928. The molecular formula is C41H51HfN3-4. The first kappa shape index (κ1) is 39.4. The van der Waals surface area contributed by atoms with Crippen LogP contribution in [0.3, 0.4) is 0 Å². The summed E-state index contributed by atoms with van der Waals surface area (Å²) in [6, 6.07) is 36.2. The van der Waals surface area contributed by atoms with Crippen molar-refractivity contribution >= 4 is 11.4 Å². The molecule has 238 valence electrons. The van der Waals surface area contributed by atoms with Crippen molar-refractivity contribution in [2.24, 2.45) is 5.10 Å². The van der Waals surface area contributed by atoms with Crippen LogP contribution < -0.4 is 0 Å². The average Bonchev–Trinajstić information content (AvgIpc) is 3.00. The smallest absolute Gasteiger partial charge is 0.0456 e. The molecule has 0 aromatic heterocycles. The van der Waals surface area contributed by atoms with Gasteiger partial charge < -0.3 is 10.3 Å². The van der Waals surface area contributed by atoms with Crippen LogP contribution in [0.25, 0.3) is 5.32 Å². The second-order valence-corrected chi connectivity index (χ2v) is 11.5. The molecule has 0 aliphatic heterocycles. The van der Waals surface area contributed by atoms with Gasteiger partial charge in [0, 0.05) is 45.7 Å². The van der Waals surface area contributed by atoms with E-state index in [1.807, 2.05) is 110 Å². The molecule has 4 aromatic carbocycles. The van der Waals surface area contributed by atoms with Gasteiger partial charge in [-0.15, -0.1) is 47.8 Å². The van der Waals surface area contributed by atoms with Crippen molar-refractivity contribution in [3.05, 3.63) is 175 Å². The Morgan fingerprint density at radius 2 is 1.02 bits per heavy atom. The quantitative estimate of drug-likeness (QED) is 0.113. The Hall–Kier alpha value is -3.63. The normalized spacial score (nSPS) is 12.6. The molecule has 0 saturated carbocycles. The van der Waals surface area contributed by atoms with Gasteiger partial charge in [0.15, 0.2) is 0 Å². The van der Waals surface area contributed by atoms with Gasteiger partial charge in [0.05, 0.1) is 0 Å². The van der Waals surface area contributed by atoms with Crippen LogP contribution in [-0.2, 0) is 25.8 Å². The molecule has 0 spiro atoms. The fourth-order valence-corrected chi connectivity index (χ4v) is 4.40. The van der Waals surface area contributed by atoms with Crippen molar-refractivity contribution in [3.63, 3.8) is 0 Å². The van der Waals surface area contributed by atoms with E-state index in [2.05, 4.69) is 77.8 Å². The van der Waals surface area contributed by atoms with Gasteiger partial charge in [-0.3, -0.25) is 0 Å². The van der Waals surface area contributed by atoms with E-state index in [9.17, 15) is 0 Å². The van der Waals surface area contributed by atoms with Gasteiger partial charge in [0.1, 0.15) is 0 Å². The average molecular weight is 764 g/mol. The summed E-state index contributed by atoms with van der Waals surface area (Å²) in [7, 11) is 3.95. The summed E-state index contributed by atoms with van der Waals surface area (Å²) in [5.41, 5.74) is 9.18. The predicted octanol–water partition coefficient (Wildman–Crippen LogP) is 11.5. The fourth-order valence-electron chi connectivity index (χ4n) is 4.40. The van der Waals surface area contributed by atoms with Crippen LogP contribution in [-0.4, -0.2) is 24.8 Å². The summed E-state index contributed by atoms with van der Waals surface area (Å²) in [6.07, 6.45) is 5.50. The molecule has 45 heavy (non-hydrogen) atoms. The van der Waals surface area contributed by atoms with Crippen molar-refractivity contribution < 1.29 is 25.8 Å². The maximum atomic E-state index is 5.10. The van der Waals surface area contributed by atoms with E-state index in [1.165, 1.54) is 11.1 Å². The van der Waals surface area contributed by atoms with Gasteiger partial charge in [-0.05, 0) is 31.1 Å². The van der Waals surface area contributed by atoms with E-state index in [4.69, 9.17) is 5.32 Å². The van der Waals surface area contributed by atoms with Crippen LogP contribution in [0.1, 0.15) is 86.6 Å². The van der Waals surface area contributed by atoms with Crippen molar-refractivity contribution in [2.75, 3.05) is 14.1 Å². The van der Waals surface area contributed by atoms with Crippen molar-refractivity contribution in [1.82, 2.24) is 5.01 Å². The zero-order valence-corrected chi connectivity index (χ0v) is 31.8. The molecule has 1 aliphatic carbocycles. The number of allylic oxidation sites excluding steroid dienone is 2. The minimum Gasteiger partial charge on any atom is -0.656 e. The molecule has 5 rings (SSSR count). The Balaban J connectivity index is 0.000000370. The second-order valence-electron chi connectivity index (χ2n) is 11.5. The van der Waals surface area contributed by atoms with Crippen molar-refractivity contribution in [1.29, 1.82) is 0 Å². The largest absolute Gasteiger partial charge is 0.656 e. The maximum Gasteiger partial charge on any atom is 0.0456 e. The first-order valence-electron chi connectivity index (χ1n) is 15.5.